The number of hydrogen-bond donors (Lipinski definition) is 0. The lowest BCUT2D eigenvalue weighted by Gasteiger charge is -2.36. The van der Waals surface area contributed by atoms with Gasteiger partial charge in [-0.05, 0) is 65.6 Å². The maximum absolute atomic E-state index is 10.3. The molecule has 5 aromatic carbocycles. The molecule has 2 aliphatic heterocycles. The molecule has 0 fully saturated rings. The fraction of sp³-hybridized carbons (Fsp3) is 0. The highest BCUT2D eigenvalue weighted by Gasteiger charge is 2.47. The van der Waals surface area contributed by atoms with E-state index >= 15 is 0 Å². The van der Waals surface area contributed by atoms with E-state index in [0.717, 1.165) is 44.7 Å². The van der Waals surface area contributed by atoms with Crippen LogP contribution in [0.3, 0.4) is 0 Å². The lowest BCUT2D eigenvalue weighted by atomic mass is 9.59. The Morgan fingerprint density at radius 2 is 1.26 bits per heavy atom. The van der Waals surface area contributed by atoms with Crippen LogP contribution in [0.15, 0.2) is 134 Å². The number of pyridine rings is 1. The maximum Gasteiger partial charge on any atom is 0.421 e. The van der Waals surface area contributed by atoms with Crippen LogP contribution < -0.4 is 15.1 Å². The molecular formula is C36H22BN5. The number of hydrogen-bond acceptors (Lipinski definition) is 4. The first-order valence-corrected chi connectivity index (χ1v) is 14.1. The molecule has 5 nitrogen and oxygen atoms in total. The van der Waals surface area contributed by atoms with Crippen LogP contribution in [0.4, 0.5) is 22.7 Å². The average molecular weight is 535 g/mol. The minimum atomic E-state index is -0.105. The predicted octanol–water partition coefficient (Wildman–Crippen LogP) is 7.72. The second-order valence-corrected chi connectivity index (χ2v) is 10.8. The zero-order valence-corrected chi connectivity index (χ0v) is 22.5. The predicted molar refractivity (Wildman–Crippen MR) is 171 cm³/mol. The Kier molecular flexibility index (Phi) is 4.70. The van der Waals surface area contributed by atoms with Gasteiger partial charge in [-0.15, -0.1) is 0 Å². The summed E-state index contributed by atoms with van der Waals surface area (Å²) in [7, 11) is 0. The van der Waals surface area contributed by atoms with Gasteiger partial charge in [0.1, 0.15) is 5.65 Å². The van der Waals surface area contributed by atoms with Gasteiger partial charge in [0, 0.05) is 33.9 Å². The summed E-state index contributed by atoms with van der Waals surface area (Å²) < 4.78 is 2.18. The fourth-order valence-corrected chi connectivity index (χ4v) is 6.93. The van der Waals surface area contributed by atoms with Crippen molar-refractivity contribution in [1.29, 1.82) is 5.26 Å². The summed E-state index contributed by atoms with van der Waals surface area (Å²) in [5.74, 6) is 0. The van der Waals surface area contributed by atoms with Gasteiger partial charge in [0.05, 0.1) is 34.2 Å². The van der Waals surface area contributed by atoms with Crippen molar-refractivity contribution in [1.82, 2.24) is 9.55 Å². The molecule has 9 rings (SSSR count). The Balaban J connectivity index is 1.33. The van der Waals surface area contributed by atoms with Crippen LogP contribution >= 0.6 is 0 Å². The monoisotopic (exact) mass is 535 g/mol. The van der Waals surface area contributed by atoms with Crippen LogP contribution in [0.2, 0.25) is 0 Å². The van der Waals surface area contributed by atoms with E-state index in [0.29, 0.717) is 5.56 Å². The molecule has 42 heavy (non-hydrogen) atoms. The molecule has 6 heteroatoms. The molecule has 4 heterocycles. The summed E-state index contributed by atoms with van der Waals surface area (Å²) in [6.45, 7) is -0.105. The lowest BCUT2D eigenvalue weighted by Crippen LogP contribution is -2.55. The molecule has 0 amide bonds. The molecule has 0 saturated heterocycles. The summed E-state index contributed by atoms with van der Waals surface area (Å²) in [6.07, 6.45) is 1.83. The van der Waals surface area contributed by atoms with Gasteiger partial charge in [-0.1, -0.05) is 72.8 Å². The van der Waals surface area contributed by atoms with E-state index in [9.17, 15) is 5.26 Å². The number of rotatable bonds is 2. The van der Waals surface area contributed by atoms with Crippen LogP contribution in [-0.2, 0) is 0 Å². The lowest BCUT2D eigenvalue weighted by molar-refractivity contribution is 1.13. The highest BCUT2D eigenvalue weighted by atomic mass is 15.3. The zero-order chi connectivity index (χ0) is 27.8. The first-order valence-electron chi connectivity index (χ1n) is 14.1. The number of nitriles is 1. The van der Waals surface area contributed by atoms with Crippen molar-refractivity contribution in [2.24, 2.45) is 0 Å². The maximum atomic E-state index is 10.3. The molecular weight excluding hydrogens is 513 g/mol. The number of nitrogens with zero attached hydrogens (tertiary/aromatic N) is 5. The van der Waals surface area contributed by atoms with Crippen LogP contribution in [-0.4, -0.2) is 16.5 Å². The fourth-order valence-electron chi connectivity index (χ4n) is 6.93. The van der Waals surface area contributed by atoms with Gasteiger partial charge in [-0.3, -0.25) is 4.57 Å². The third kappa shape index (κ3) is 3.05. The van der Waals surface area contributed by atoms with E-state index in [1.807, 2.05) is 24.4 Å². The molecule has 0 saturated carbocycles. The molecule has 2 aliphatic rings. The third-order valence-corrected chi connectivity index (χ3v) is 8.58. The summed E-state index contributed by atoms with van der Waals surface area (Å²) in [5.41, 5.74) is 11.5. The molecule has 0 atom stereocenters. The second-order valence-electron chi connectivity index (χ2n) is 10.8. The quantitative estimate of drug-likeness (QED) is 0.213. The molecule has 7 aromatic rings. The molecule has 0 unspecified atom stereocenters. The van der Waals surface area contributed by atoms with Crippen molar-refractivity contribution in [3.63, 3.8) is 0 Å². The van der Waals surface area contributed by atoms with Crippen molar-refractivity contribution in [2.75, 3.05) is 9.62 Å². The summed E-state index contributed by atoms with van der Waals surface area (Å²) in [6, 6.07) is 47.0. The molecule has 2 aromatic heterocycles. The van der Waals surface area contributed by atoms with Gasteiger partial charge >= 0.3 is 6.98 Å². The first kappa shape index (κ1) is 23.0. The molecule has 194 valence electrons. The topological polar surface area (TPSA) is 48.1 Å². The van der Waals surface area contributed by atoms with E-state index in [1.165, 1.54) is 22.3 Å². The highest BCUT2D eigenvalue weighted by molar-refractivity contribution is 6.86. The smallest absolute Gasteiger partial charge is 0.360 e. The summed E-state index contributed by atoms with van der Waals surface area (Å²) in [4.78, 5) is 9.61. The zero-order valence-electron chi connectivity index (χ0n) is 22.5. The number of benzene rings is 5. The third-order valence-electron chi connectivity index (χ3n) is 8.58. The first-order chi connectivity index (χ1) is 20.8. The van der Waals surface area contributed by atoms with E-state index in [2.05, 4.69) is 129 Å². The van der Waals surface area contributed by atoms with Gasteiger partial charge in [-0.2, -0.15) is 5.26 Å². The number of anilines is 4. The Bertz CT molecular complexity index is 2210. The van der Waals surface area contributed by atoms with Crippen LogP contribution in [0.5, 0.6) is 0 Å². The van der Waals surface area contributed by atoms with Crippen molar-refractivity contribution in [3.05, 3.63) is 139 Å². The van der Waals surface area contributed by atoms with E-state index in [-0.39, 0.29) is 6.98 Å². The summed E-state index contributed by atoms with van der Waals surface area (Å²) in [5, 5.41) is 12.5. The molecule has 0 aliphatic carbocycles. The second kappa shape index (κ2) is 8.60. The Hall–Kier alpha value is -5.80. The van der Waals surface area contributed by atoms with Crippen molar-refractivity contribution >= 4 is 57.1 Å². The average Bonchev–Trinajstić information content (AvgIpc) is 3.59. The molecule has 0 N–H and O–H groups in total. The number of fused-ring (bicyclic) bond motifs is 11. The number of aromatic nitrogens is 2. The van der Waals surface area contributed by atoms with Gasteiger partial charge in [0.2, 0.25) is 0 Å². The van der Waals surface area contributed by atoms with Gasteiger partial charge in [0.25, 0.3) is 0 Å². The molecule has 0 bridgehead atoms. The molecule has 0 radical (unpaired) electrons. The highest BCUT2D eigenvalue weighted by Crippen LogP contribution is 2.51. The Morgan fingerprint density at radius 3 is 2.12 bits per heavy atom. The minimum absolute atomic E-state index is 0.105. The van der Waals surface area contributed by atoms with Gasteiger partial charge < -0.3 is 9.62 Å². The van der Waals surface area contributed by atoms with Gasteiger partial charge in [0.15, 0.2) is 0 Å². The SMILES string of the molecule is N#Cc1cc(N2B3c4ccccc4-c4ccccc4N3c3ccccc32)cc(-n2c3ccccc3c3cccnc32)c1. The molecule has 0 spiro atoms. The normalized spacial score (nSPS) is 13.1. The van der Waals surface area contributed by atoms with Gasteiger partial charge in [-0.25, -0.2) is 4.98 Å². The van der Waals surface area contributed by atoms with Crippen LogP contribution in [0, 0.1) is 11.3 Å². The minimum Gasteiger partial charge on any atom is -0.360 e. The number of para-hydroxylation sites is 4. The Morgan fingerprint density at radius 1 is 0.595 bits per heavy atom. The van der Waals surface area contributed by atoms with Crippen molar-refractivity contribution in [2.45, 2.75) is 0 Å². The van der Waals surface area contributed by atoms with Crippen molar-refractivity contribution < 1.29 is 0 Å². The van der Waals surface area contributed by atoms with Crippen LogP contribution in [0.1, 0.15) is 5.56 Å². The Labute approximate surface area is 243 Å². The standard InChI is InChI=1S/C36H22BN5/c38-23-24-20-25(40-32-15-5-2-12-29(32)30-13-9-19-39-36(30)40)22-26(21-24)41-34-17-7-8-18-35(34)42-33-16-6-3-11-28(33)27-10-1-4-14-31(27)37(41)42/h1-22H. The van der Waals surface area contributed by atoms with E-state index in [1.54, 1.807) is 0 Å². The van der Waals surface area contributed by atoms with E-state index < -0.39 is 0 Å². The van der Waals surface area contributed by atoms with Crippen molar-refractivity contribution in [3.8, 4) is 22.9 Å². The van der Waals surface area contributed by atoms with E-state index in [4.69, 9.17) is 4.98 Å². The largest absolute Gasteiger partial charge is 0.421 e. The summed E-state index contributed by atoms with van der Waals surface area (Å²) >= 11 is 0. The van der Waals surface area contributed by atoms with Crippen LogP contribution in [0.25, 0.3) is 38.8 Å².